The van der Waals surface area contributed by atoms with Gasteiger partial charge in [0.15, 0.2) is 0 Å². The summed E-state index contributed by atoms with van der Waals surface area (Å²) in [4.78, 5) is 8.67. The third-order valence-corrected chi connectivity index (χ3v) is 3.27. The number of pyridine rings is 1. The summed E-state index contributed by atoms with van der Waals surface area (Å²) >= 11 is 0. The highest BCUT2D eigenvalue weighted by Crippen LogP contribution is 2.34. The van der Waals surface area contributed by atoms with Gasteiger partial charge in [0.2, 0.25) is 0 Å². The van der Waals surface area contributed by atoms with Crippen molar-refractivity contribution in [3.8, 4) is 5.82 Å². The number of hydrogen-bond donors (Lipinski definition) is 0. The molecule has 0 radical (unpaired) electrons. The molecule has 0 saturated heterocycles. The lowest BCUT2D eigenvalue weighted by Crippen LogP contribution is -2.23. The van der Waals surface area contributed by atoms with Crippen LogP contribution in [0, 0.1) is 0 Å². The van der Waals surface area contributed by atoms with E-state index in [-0.39, 0.29) is 10.8 Å². The first-order valence-corrected chi connectivity index (χ1v) is 6.69. The highest BCUT2D eigenvalue weighted by Gasteiger charge is 2.26. The molecule has 0 amide bonds. The summed E-state index contributed by atoms with van der Waals surface area (Å²) in [7, 11) is 0. The van der Waals surface area contributed by atoms with Crippen LogP contribution in [-0.4, -0.2) is 14.5 Å². The van der Waals surface area contributed by atoms with Crippen molar-refractivity contribution in [2.75, 3.05) is 0 Å². The molecule has 0 N–H and O–H groups in total. The average Bonchev–Trinajstić information content (AvgIpc) is 2.79. The molecule has 2 heterocycles. The van der Waals surface area contributed by atoms with E-state index < -0.39 is 0 Å². The van der Waals surface area contributed by atoms with Crippen LogP contribution in [0.5, 0.6) is 0 Å². The molecule has 0 atom stereocenters. The van der Waals surface area contributed by atoms with Crippen LogP contribution in [-0.2, 0) is 10.8 Å². The van der Waals surface area contributed by atoms with Gasteiger partial charge >= 0.3 is 0 Å². The molecule has 0 aliphatic rings. The van der Waals surface area contributed by atoms with E-state index in [0.717, 1.165) is 5.82 Å². The maximum atomic E-state index is 4.58. The highest BCUT2D eigenvalue weighted by molar-refractivity contribution is 5.41. The Labute approximate surface area is 115 Å². The zero-order valence-corrected chi connectivity index (χ0v) is 12.7. The molecule has 0 bridgehead atoms. The first kappa shape index (κ1) is 13.8. The van der Waals surface area contributed by atoms with Crippen molar-refractivity contribution < 1.29 is 0 Å². The molecule has 2 aromatic heterocycles. The van der Waals surface area contributed by atoms with Crippen molar-refractivity contribution in [3.63, 3.8) is 0 Å². The van der Waals surface area contributed by atoms with Gasteiger partial charge in [-0.1, -0.05) is 41.5 Å². The van der Waals surface area contributed by atoms with Gasteiger partial charge in [0.1, 0.15) is 12.1 Å². The third kappa shape index (κ3) is 2.86. The molecule has 0 aromatic carbocycles. The molecule has 19 heavy (non-hydrogen) atoms. The zero-order chi connectivity index (χ0) is 14.3. The van der Waals surface area contributed by atoms with Gasteiger partial charge in [0, 0.05) is 18.6 Å². The van der Waals surface area contributed by atoms with Crippen molar-refractivity contribution in [2.24, 2.45) is 0 Å². The summed E-state index contributed by atoms with van der Waals surface area (Å²) < 4.78 is 1.95. The quantitative estimate of drug-likeness (QED) is 0.776. The molecular weight excluding hydrogens is 234 g/mol. The van der Waals surface area contributed by atoms with Crippen molar-refractivity contribution in [2.45, 2.75) is 52.4 Å². The summed E-state index contributed by atoms with van der Waals surface area (Å²) in [5, 5.41) is 0. The van der Waals surface area contributed by atoms with Gasteiger partial charge in [-0.2, -0.15) is 0 Å². The predicted octanol–water partition coefficient (Wildman–Crippen LogP) is 3.86. The summed E-state index contributed by atoms with van der Waals surface area (Å²) in [5.41, 5.74) is 2.85. The van der Waals surface area contributed by atoms with Gasteiger partial charge < -0.3 is 0 Å². The second-order valence-corrected chi connectivity index (χ2v) is 7.06. The topological polar surface area (TPSA) is 30.7 Å². The fraction of sp³-hybridized carbons (Fsp3) is 0.500. The number of imidazole rings is 1. The molecule has 0 aliphatic carbocycles. The molecule has 3 nitrogen and oxygen atoms in total. The molecule has 0 fully saturated rings. The maximum absolute atomic E-state index is 4.58. The molecule has 2 rings (SSSR count). The van der Waals surface area contributed by atoms with Gasteiger partial charge in [0.05, 0.1) is 0 Å². The predicted molar refractivity (Wildman–Crippen MR) is 78.8 cm³/mol. The zero-order valence-electron chi connectivity index (χ0n) is 12.7. The lowest BCUT2D eigenvalue weighted by molar-refractivity contribution is 0.527. The van der Waals surface area contributed by atoms with Crippen LogP contribution in [0.1, 0.15) is 52.7 Å². The van der Waals surface area contributed by atoms with E-state index in [2.05, 4.69) is 57.6 Å². The molecule has 3 heteroatoms. The molecule has 2 aromatic rings. The molecular formula is C16H23N3. The van der Waals surface area contributed by atoms with E-state index in [1.54, 1.807) is 12.5 Å². The lowest BCUT2D eigenvalue weighted by atomic mass is 9.76. The summed E-state index contributed by atoms with van der Waals surface area (Å²) in [6.45, 7) is 13.4. The summed E-state index contributed by atoms with van der Waals surface area (Å²) in [6, 6.07) is 2.18. The van der Waals surface area contributed by atoms with E-state index in [4.69, 9.17) is 0 Å². The minimum atomic E-state index is 0.0981. The molecule has 0 spiro atoms. The van der Waals surface area contributed by atoms with Crippen LogP contribution in [0.2, 0.25) is 0 Å². The molecule has 0 unspecified atom stereocenters. The fourth-order valence-corrected chi connectivity index (χ4v) is 2.20. The van der Waals surface area contributed by atoms with Crippen LogP contribution in [0.4, 0.5) is 0 Å². The number of hydrogen-bond acceptors (Lipinski definition) is 2. The molecule has 102 valence electrons. The van der Waals surface area contributed by atoms with E-state index >= 15 is 0 Å². The lowest BCUT2D eigenvalue weighted by Gasteiger charge is -2.30. The van der Waals surface area contributed by atoms with Crippen molar-refractivity contribution in [3.05, 3.63) is 42.1 Å². The standard InChI is InChI=1S/C16H23N3/c1-15(2,3)12-9-14(19-8-7-17-11-19)18-10-13(12)16(4,5)6/h7-11H,1-6H3. The minimum absolute atomic E-state index is 0.0981. The Morgan fingerprint density at radius 3 is 2.05 bits per heavy atom. The monoisotopic (exact) mass is 257 g/mol. The molecule has 0 saturated carbocycles. The van der Waals surface area contributed by atoms with Crippen LogP contribution < -0.4 is 0 Å². The summed E-state index contributed by atoms with van der Waals surface area (Å²) in [6.07, 6.45) is 7.49. The second-order valence-electron chi connectivity index (χ2n) is 7.06. The smallest absolute Gasteiger partial charge is 0.138 e. The molecule has 0 aliphatic heterocycles. The second kappa shape index (κ2) is 4.48. The normalized spacial score (nSPS) is 12.7. The Morgan fingerprint density at radius 1 is 0.947 bits per heavy atom. The van der Waals surface area contributed by atoms with Crippen LogP contribution in [0.15, 0.2) is 31.0 Å². The van der Waals surface area contributed by atoms with Crippen molar-refractivity contribution in [1.29, 1.82) is 0 Å². The van der Waals surface area contributed by atoms with Gasteiger partial charge in [-0.3, -0.25) is 4.57 Å². The Bertz CT molecular complexity index is 555. The fourth-order valence-electron chi connectivity index (χ4n) is 2.20. The average molecular weight is 257 g/mol. The first-order chi connectivity index (χ1) is 8.69. The van der Waals surface area contributed by atoms with Gasteiger partial charge in [-0.25, -0.2) is 9.97 Å². The number of nitrogens with zero attached hydrogens (tertiary/aromatic N) is 3. The van der Waals surface area contributed by atoms with E-state index in [0.29, 0.717) is 0 Å². The Balaban J connectivity index is 2.61. The van der Waals surface area contributed by atoms with Crippen LogP contribution in [0.25, 0.3) is 5.82 Å². The first-order valence-electron chi connectivity index (χ1n) is 6.69. The Morgan fingerprint density at radius 2 is 1.58 bits per heavy atom. The Kier molecular flexibility index (Phi) is 3.25. The van der Waals surface area contributed by atoms with Gasteiger partial charge in [-0.05, 0) is 28.0 Å². The van der Waals surface area contributed by atoms with E-state index in [1.165, 1.54) is 11.1 Å². The van der Waals surface area contributed by atoms with Gasteiger partial charge in [0.25, 0.3) is 0 Å². The number of aromatic nitrogens is 3. The van der Waals surface area contributed by atoms with Crippen LogP contribution in [0.3, 0.4) is 0 Å². The van der Waals surface area contributed by atoms with Crippen LogP contribution >= 0.6 is 0 Å². The van der Waals surface area contributed by atoms with Gasteiger partial charge in [-0.15, -0.1) is 0 Å². The van der Waals surface area contributed by atoms with Crippen molar-refractivity contribution >= 4 is 0 Å². The maximum Gasteiger partial charge on any atom is 0.138 e. The van der Waals surface area contributed by atoms with E-state index in [1.807, 2.05) is 17.0 Å². The Hall–Kier alpha value is -1.64. The SMILES string of the molecule is CC(C)(C)c1cnc(-n2ccnc2)cc1C(C)(C)C. The highest BCUT2D eigenvalue weighted by atomic mass is 15.1. The number of rotatable bonds is 1. The van der Waals surface area contributed by atoms with E-state index in [9.17, 15) is 0 Å². The third-order valence-electron chi connectivity index (χ3n) is 3.27. The largest absolute Gasteiger partial charge is 0.291 e. The minimum Gasteiger partial charge on any atom is -0.291 e. The van der Waals surface area contributed by atoms with Crippen molar-refractivity contribution in [1.82, 2.24) is 14.5 Å². The summed E-state index contributed by atoms with van der Waals surface area (Å²) in [5.74, 6) is 0.926.